The summed E-state index contributed by atoms with van der Waals surface area (Å²) in [5, 5.41) is 12.3. The van der Waals surface area contributed by atoms with Gasteiger partial charge in [-0.05, 0) is 37.5 Å². The smallest absolute Gasteiger partial charge is 0.303 e. The predicted molar refractivity (Wildman–Crippen MR) is 81.1 cm³/mol. The highest BCUT2D eigenvalue weighted by atomic mass is 16.4. The van der Waals surface area contributed by atoms with Gasteiger partial charge in [-0.3, -0.25) is 4.79 Å². The second-order valence-corrected chi connectivity index (χ2v) is 5.21. The minimum Gasteiger partial charge on any atom is -0.481 e. The Morgan fingerprint density at radius 3 is 2.62 bits per heavy atom. The molecule has 0 aliphatic carbocycles. The normalized spacial score (nSPS) is 12.2. The summed E-state index contributed by atoms with van der Waals surface area (Å²) in [6, 6.07) is 14.1. The number of hydrogen-bond donors (Lipinski definition) is 2. The van der Waals surface area contributed by atoms with E-state index in [0.29, 0.717) is 13.0 Å². The number of furan rings is 1. The molecular formula is C17H21NO3. The molecule has 1 aromatic heterocycles. The first kappa shape index (κ1) is 15.3. The zero-order chi connectivity index (χ0) is 15.1. The van der Waals surface area contributed by atoms with Crippen LogP contribution in [0.4, 0.5) is 0 Å². The molecule has 4 heteroatoms. The maximum Gasteiger partial charge on any atom is 0.303 e. The largest absolute Gasteiger partial charge is 0.481 e. The molecule has 1 aromatic carbocycles. The van der Waals surface area contributed by atoms with Crippen molar-refractivity contribution in [3.8, 4) is 0 Å². The van der Waals surface area contributed by atoms with Crippen LogP contribution in [0.3, 0.4) is 0 Å². The summed E-state index contributed by atoms with van der Waals surface area (Å²) in [4.78, 5) is 10.8. The first-order chi connectivity index (χ1) is 10.1. The van der Waals surface area contributed by atoms with Gasteiger partial charge >= 0.3 is 5.97 Å². The molecular weight excluding hydrogens is 266 g/mol. The van der Waals surface area contributed by atoms with Crippen LogP contribution < -0.4 is 5.32 Å². The molecule has 2 N–H and O–H groups in total. The Kier molecular flexibility index (Phi) is 5.58. The Bertz CT molecular complexity index is 562. The second kappa shape index (κ2) is 7.64. The fraction of sp³-hybridized carbons (Fsp3) is 0.353. The van der Waals surface area contributed by atoms with Gasteiger partial charge in [0.15, 0.2) is 0 Å². The van der Waals surface area contributed by atoms with Crippen LogP contribution in [0.15, 0.2) is 46.9 Å². The van der Waals surface area contributed by atoms with Crippen LogP contribution in [-0.2, 0) is 17.8 Å². The number of rotatable bonds is 8. The number of hydrogen-bond acceptors (Lipinski definition) is 3. The highest BCUT2D eigenvalue weighted by Crippen LogP contribution is 2.11. The summed E-state index contributed by atoms with van der Waals surface area (Å²) < 4.78 is 5.53. The minimum absolute atomic E-state index is 0.119. The lowest BCUT2D eigenvalue weighted by molar-refractivity contribution is -0.137. The Hall–Kier alpha value is -2.07. The van der Waals surface area contributed by atoms with Crippen LogP contribution in [0.1, 0.15) is 29.9 Å². The molecule has 112 valence electrons. The summed E-state index contributed by atoms with van der Waals surface area (Å²) in [6.45, 7) is 2.53. The zero-order valence-electron chi connectivity index (χ0n) is 12.2. The number of carbonyl (C=O) groups is 1. The van der Waals surface area contributed by atoms with Crippen molar-refractivity contribution in [2.75, 3.05) is 0 Å². The van der Waals surface area contributed by atoms with Crippen LogP contribution >= 0.6 is 0 Å². The number of aryl methyl sites for hydroxylation is 1. The van der Waals surface area contributed by atoms with E-state index in [9.17, 15) is 4.79 Å². The van der Waals surface area contributed by atoms with Crippen LogP contribution in [0.2, 0.25) is 0 Å². The van der Waals surface area contributed by atoms with E-state index in [0.717, 1.165) is 17.9 Å². The predicted octanol–water partition coefficient (Wildman–Crippen LogP) is 3.15. The molecule has 1 heterocycles. The summed E-state index contributed by atoms with van der Waals surface area (Å²) in [5.74, 6) is 1.00. The summed E-state index contributed by atoms with van der Waals surface area (Å²) in [5.41, 5.74) is 1.20. The van der Waals surface area contributed by atoms with Crippen molar-refractivity contribution < 1.29 is 14.3 Å². The molecule has 0 radical (unpaired) electrons. The van der Waals surface area contributed by atoms with Gasteiger partial charge < -0.3 is 14.8 Å². The van der Waals surface area contributed by atoms with E-state index < -0.39 is 5.97 Å². The maximum absolute atomic E-state index is 10.8. The molecule has 0 saturated carbocycles. The molecule has 4 nitrogen and oxygen atoms in total. The summed E-state index contributed by atoms with van der Waals surface area (Å²) in [6.07, 6.45) is 1.58. The third kappa shape index (κ3) is 5.44. The molecule has 0 bridgehead atoms. The van der Waals surface area contributed by atoms with Crippen LogP contribution in [0, 0.1) is 6.92 Å². The van der Waals surface area contributed by atoms with Crippen molar-refractivity contribution in [1.82, 2.24) is 5.32 Å². The van der Waals surface area contributed by atoms with Crippen molar-refractivity contribution in [2.24, 2.45) is 0 Å². The lowest BCUT2D eigenvalue weighted by atomic mass is 10.0. The molecule has 0 spiro atoms. The van der Waals surface area contributed by atoms with E-state index in [4.69, 9.17) is 9.52 Å². The first-order valence-electron chi connectivity index (χ1n) is 7.18. The zero-order valence-corrected chi connectivity index (χ0v) is 12.2. The number of carboxylic acids is 1. The van der Waals surface area contributed by atoms with Gasteiger partial charge in [0.05, 0.1) is 6.54 Å². The highest BCUT2D eigenvalue weighted by Gasteiger charge is 2.12. The average molecular weight is 287 g/mol. The molecule has 1 unspecified atom stereocenters. The van der Waals surface area contributed by atoms with Gasteiger partial charge in [-0.2, -0.15) is 0 Å². The molecule has 1 atom stereocenters. The summed E-state index contributed by atoms with van der Waals surface area (Å²) >= 11 is 0. The van der Waals surface area contributed by atoms with Gasteiger partial charge in [-0.25, -0.2) is 0 Å². The van der Waals surface area contributed by atoms with E-state index in [2.05, 4.69) is 17.4 Å². The van der Waals surface area contributed by atoms with Gasteiger partial charge in [0, 0.05) is 12.5 Å². The SMILES string of the molecule is Cc1ccc(CNC(CCC(=O)O)Cc2ccccc2)o1. The summed E-state index contributed by atoms with van der Waals surface area (Å²) in [7, 11) is 0. The quantitative estimate of drug-likeness (QED) is 0.783. The fourth-order valence-electron chi connectivity index (χ4n) is 2.30. The maximum atomic E-state index is 10.8. The Morgan fingerprint density at radius 1 is 1.24 bits per heavy atom. The molecule has 0 fully saturated rings. The molecule has 2 aromatic rings. The monoisotopic (exact) mass is 287 g/mol. The van der Waals surface area contributed by atoms with E-state index in [1.807, 2.05) is 37.3 Å². The number of benzene rings is 1. The number of nitrogens with one attached hydrogen (secondary N) is 1. The third-order valence-corrected chi connectivity index (χ3v) is 3.39. The van der Waals surface area contributed by atoms with E-state index in [1.54, 1.807) is 0 Å². The molecule has 0 saturated heterocycles. The lowest BCUT2D eigenvalue weighted by Crippen LogP contribution is -2.31. The lowest BCUT2D eigenvalue weighted by Gasteiger charge is -2.17. The fourth-order valence-corrected chi connectivity index (χ4v) is 2.30. The van der Waals surface area contributed by atoms with Gasteiger partial charge in [0.25, 0.3) is 0 Å². The molecule has 2 rings (SSSR count). The van der Waals surface area contributed by atoms with Crippen molar-refractivity contribution >= 4 is 5.97 Å². The van der Waals surface area contributed by atoms with Crippen LogP contribution in [0.5, 0.6) is 0 Å². The van der Waals surface area contributed by atoms with Crippen molar-refractivity contribution in [3.05, 3.63) is 59.5 Å². The molecule has 0 amide bonds. The van der Waals surface area contributed by atoms with Gasteiger partial charge in [0.2, 0.25) is 0 Å². The highest BCUT2D eigenvalue weighted by molar-refractivity contribution is 5.66. The van der Waals surface area contributed by atoms with Gasteiger partial charge in [0.1, 0.15) is 11.5 Å². The van der Waals surface area contributed by atoms with E-state index in [-0.39, 0.29) is 12.5 Å². The van der Waals surface area contributed by atoms with Crippen molar-refractivity contribution in [2.45, 2.75) is 38.8 Å². The van der Waals surface area contributed by atoms with Crippen molar-refractivity contribution in [1.29, 1.82) is 0 Å². The number of carboxylic acid groups (broad SMARTS) is 1. The topological polar surface area (TPSA) is 62.5 Å². The first-order valence-corrected chi connectivity index (χ1v) is 7.18. The van der Waals surface area contributed by atoms with Crippen LogP contribution in [0.25, 0.3) is 0 Å². The Morgan fingerprint density at radius 2 is 2.00 bits per heavy atom. The molecule has 21 heavy (non-hydrogen) atoms. The van der Waals surface area contributed by atoms with Crippen LogP contribution in [-0.4, -0.2) is 17.1 Å². The van der Waals surface area contributed by atoms with E-state index in [1.165, 1.54) is 5.56 Å². The van der Waals surface area contributed by atoms with Crippen molar-refractivity contribution in [3.63, 3.8) is 0 Å². The molecule has 0 aliphatic rings. The van der Waals surface area contributed by atoms with Gasteiger partial charge in [-0.15, -0.1) is 0 Å². The number of aliphatic carboxylic acids is 1. The minimum atomic E-state index is -0.760. The standard InChI is InChI=1S/C17H21NO3/c1-13-7-9-16(21-13)12-18-15(8-10-17(19)20)11-14-5-3-2-4-6-14/h2-7,9,15,18H,8,10-12H2,1H3,(H,19,20). The Balaban J connectivity index is 1.92. The van der Waals surface area contributed by atoms with Gasteiger partial charge in [-0.1, -0.05) is 30.3 Å². The molecule has 0 aliphatic heterocycles. The average Bonchev–Trinajstić information content (AvgIpc) is 2.88. The third-order valence-electron chi connectivity index (χ3n) is 3.39. The Labute approximate surface area is 124 Å². The second-order valence-electron chi connectivity index (χ2n) is 5.21. The van der Waals surface area contributed by atoms with E-state index >= 15 is 0 Å².